The largest absolute Gasteiger partial charge is 0.478 e. The predicted octanol–water partition coefficient (Wildman–Crippen LogP) is 4.36. The Balaban J connectivity index is 2.01. The Morgan fingerprint density at radius 2 is 1.62 bits per heavy atom. The van der Waals surface area contributed by atoms with E-state index in [1.165, 1.54) is 0 Å². The number of benzene rings is 2. The fourth-order valence-electron chi connectivity index (χ4n) is 2.49. The van der Waals surface area contributed by atoms with E-state index in [1.807, 2.05) is 36.5 Å². The summed E-state index contributed by atoms with van der Waals surface area (Å²) in [6, 6.07) is 17.1. The van der Waals surface area contributed by atoms with Crippen LogP contribution in [0, 0.1) is 6.92 Å². The number of nitrogens with one attached hydrogen (secondary N) is 1. The van der Waals surface area contributed by atoms with Gasteiger partial charge in [-0.3, -0.25) is 0 Å². The highest BCUT2D eigenvalue weighted by atomic mass is 16.4. The summed E-state index contributed by atoms with van der Waals surface area (Å²) in [5.74, 6) is -0.905. The SMILES string of the molecule is Cc1c(-c2ccc(C(=O)O)cc2)c[nH]c1-c1ccccc1. The van der Waals surface area contributed by atoms with Crippen LogP contribution in [0.1, 0.15) is 15.9 Å². The number of rotatable bonds is 3. The standard InChI is InChI=1S/C18H15NO2/c1-12-16(13-7-9-15(10-8-13)18(20)21)11-19-17(12)14-5-3-2-4-6-14/h2-11,19H,1H3,(H,20,21). The highest BCUT2D eigenvalue weighted by Crippen LogP contribution is 2.31. The zero-order valence-electron chi connectivity index (χ0n) is 11.6. The van der Waals surface area contributed by atoms with Crippen molar-refractivity contribution in [2.75, 3.05) is 0 Å². The van der Waals surface area contributed by atoms with Gasteiger partial charge in [0.1, 0.15) is 0 Å². The van der Waals surface area contributed by atoms with Gasteiger partial charge < -0.3 is 10.1 Å². The zero-order chi connectivity index (χ0) is 14.8. The van der Waals surface area contributed by atoms with Crippen LogP contribution in [-0.2, 0) is 0 Å². The molecule has 0 spiro atoms. The molecule has 1 heterocycles. The van der Waals surface area contributed by atoms with Crippen LogP contribution in [0.5, 0.6) is 0 Å². The van der Waals surface area contributed by atoms with Gasteiger partial charge in [-0.05, 0) is 35.7 Å². The normalized spacial score (nSPS) is 10.5. The molecule has 0 aliphatic rings. The lowest BCUT2D eigenvalue weighted by molar-refractivity contribution is 0.0697. The minimum absolute atomic E-state index is 0.301. The number of hydrogen-bond acceptors (Lipinski definition) is 1. The second kappa shape index (κ2) is 5.29. The van der Waals surface area contributed by atoms with Crippen LogP contribution in [0.25, 0.3) is 22.4 Å². The van der Waals surface area contributed by atoms with Crippen LogP contribution in [0.3, 0.4) is 0 Å². The smallest absolute Gasteiger partial charge is 0.335 e. The molecule has 0 saturated heterocycles. The lowest BCUT2D eigenvalue weighted by Gasteiger charge is -2.03. The molecule has 3 heteroatoms. The fraction of sp³-hybridized carbons (Fsp3) is 0.0556. The Morgan fingerprint density at radius 1 is 0.952 bits per heavy atom. The first-order valence-electron chi connectivity index (χ1n) is 6.74. The van der Waals surface area contributed by atoms with Crippen molar-refractivity contribution in [2.45, 2.75) is 6.92 Å². The average Bonchev–Trinajstić information content (AvgIpc) is 2.90. The lowest BCUT2D eigenvalue weighted by atomic mass is 10.0. The molecule has 0 bridgehead atoms. The molecule has 21 heavy (non-hydrogen) atoms. The van der Waals surface area contributed by atoms with Crippen molar-refractivity contribution in [3.63, 3.8) is 0 Å². The van der Waals surface area contributed by atoms with E-state index in [1.54, 1.807) is 12.1 Å². The first kappa shape index (κ1) is 13.2. The molecule has 3 rings (SSSR count). The van der Waals surface area contributed by atoms with Crippen LogP contribution in [0.15, 0.2) is 60.8 Å². The molecule has 0 aliphatic carbocycles. The summed E-state index contributed by atoms with van der Waals surface area (Å²) in [6.45, 7) is 2.07. The molecule has 0 amide bonds. The van der Waals surface area contributed by atoms with Crippen molar-refractivity contribution in [1.82, 2.24) is 4.98 Å². The summed E-state index contributed by atoms with van der Waals surface area (Å²) in [7, 11) is 0. The van der Waals surface area contributed by atoms with Crippen LogP contribution in [0.2, 0.25) is 0 Å². The van der Waals surface area contributed by atoms with Crippen molar-refractivity contribution in [2.24, 2.45) is 0 Å². The minimum Gasteiger partial charge on any atom is -0.478 e. The number of carbonyl (C=O) groups is 1. The third-order valence-electron chi connectivity index (χ3n) is 3.65. The highest BCUT2D eigenvalue weighted by Gasteiger charge is 2.11. The quantitative estimate of drug-likeness (QED) is 0.747. The van der Waals surface area contributed by atoms with Gasteiger partial charge in [0.05, 0.1) is 5.56 Å². The summed E-state index contributed by atoms with van der Waals surface area (Å²) >= 11 is 0. The highest BCUT2D eigenvalue weighted by molar-refractivity contribution is 5.88. The van der Waals surface area contributed by atoms with Gasteiger partial charge in [0.15, 0.2) is 0 Å². The van der Waals surface area contributed by atoms with E-state index >= 15 is 0 Å². The van der Waals surface area contributed by atoms with Crippen molar-refractivity contribution < 1.29 is 9.90 Å². The molecule has 1 aromatic heterocycles. The Hall–Kier alpha value is -2.81. The molecular formula is C18H15NO2. The number of carboxylic acids is 1. The third-order valence-corrected chi connectivity index (χ3v) is 3.65. The van der Waals surface area contributed by atoms with Gasteiger partial charge in [0.2, 0.25) is 0 Å². The van der Waals surface area contributed by atoms with E-state index in [0.29, 0.717) is 5.56 Å². The average molecular weight is 277 g/mol. The van der Waals surface area contributed by atoms with E-state index in [-0.39, 0.29) is 0 Å². The fourth-order valence-corrected chi connectivity index (χ4v) is 2.49. The van der Waals surface area contributed by atoms with Crippen molar-refractivity contribution in [1.29, 1.82) is 0 Å². The number of H-pyrrole nitrogens is 1. The van der Waals surface area contributed by atoms with Gasteiger partial charge in [-0.2, -0.15) is 0 Å². The number of aromatic nitrogens is 1. The number of hydrogen-bond donors (Lipinski definition) is 2. The summed E-state index contributed by atoms with van der Waals surface area (Å²) in [5.41, 5.74) is 5.79. The third kappa shape index (κ3) is 2.46. The summed E-state index contributed by atoms with van der Waals surface area (Å²) in [4.78, 5) is 14.2. The molecule has 0 atom stereocenters. The molecule has 104 valence electrons. The van der Waals surface area contributed by atoms with Gasteiger partial charge in [0, 0.05) is 17.5 Å². The topological polar surface area (TPSA) is 53.1 Å². The number of aromatic amines is 1. The van der Waals surface area contributed by atoms with E-state index in [2.05, 4.69) is 24.0 Å². The van der Waals surface area contributed by atoms with E-state index in [9.17, 15) is 4.79 Å². The zero-order valence-corrected chi connectivity index (χ0v) is 11.6. The maximum Gasteiger partial charge on any atom is 0.335 e. The molecule has 2 aromatic carbocycles. The summed E-state index contributed by atoms with van der Waals surface area (Å²) < 4.78 is 0. The summed E-state index contributed by atoms with van der Waals surface area (Å²) in [5, 5.41) is 8.95. The second-order valence-electron chi connectivity index (χ2n) is 4.95. The monoisotopic (exact) mass is 277 g/mol. The Bertz CT molecular complexity index is 771. The molecule has 0 radical (unpaired) electrons. The first-order valence-corrected chi connectivity index (χ1v) is 6.74. The van der Waals surface area contributed by atoms with Crippen LogP contribution >= 0.6 is 0 Å². The Morgan fingerprint density at radius 3 is 2.24 bits per heavy atom. The molecule has 0 aliphatic heterocycles. The van der Waals surface area contributed by atoms with Gasteiger partial charge in [-0.1, -0.05) is 42.5 Å². The van der Waals surface area contributed by atoms with Gasteiger partial charge in [0.25, 0.3) is 0 Å². The van der Waals surface area contributed by atoms with Crippen LogP contribution < -0.4 is 0 Å². The van der Waals surface area contributed by atoms with E-state index in [4.69, 9.17) is 5.11 Å². The molecule has 0 fully saturated rings. The Labute approximate surface area is 122 Å². The van der Waals surface area contributed by atoms with Crippen LogP contribution in [0.4, 0.5) is 0 Å². The lowest BCUT2D eigenvalue weighted by Crippen LogP contribution is -1.94. The Kier molecular flexibility index (Phi) is 3.32. The number of carboxylic acid groups (broad SMARTS) is 1. The van der Waals surface area contributed by atoms with E-state index < -0.39 is 5.97 Å². The van der Waals surface area contributed by atoms with E-state index in [0.717, 1.165) is 27.9 Å². The minimum atomic E-state index is -0.905. The van der Waals surface area contributed by atoms with Gasteiger partial charge in [-0.25, -0.2) is 4.79 Å². The maximum absolute atomic E-state index is 10.9. The molecular weight excluding hydrogens is 262 g/mol. The molecule has 0 saturated carbocycles. The molecule has 3 nitrogen and oxygen atoms in total. The van der Waals surface area contributed by atoms with Crippen LogP contribution in [-0.4, -0.2) is 16.1 Å². The maximum atomic E-state index is 10.9. The molecule has 2 N–H and O–H groups in total. The van der Waals surface area contributed by atoms with Crippen molar-refractivity contribution in [3.8, 4) is 22.4 Å². The predicted molar refractivity (Wildman–Crippen MR) is 83.4 cm³/mol. The summed E-state index contributed by atoms with van der Waals surface area (Å²) in [6.07, 6.45) is 1.97. The first-order chi connectivity index (χ1) is 10.2. The second-order valence-corrected chi connectivity index (χ2v) is 4.95. The molecule has 0 unspecified atom stereocenters. The molecule has 3 aromatic rings. The van der Waals surface area contributed by atoms with Gasteiger partial charge in [-0.15, -0.1) is 0 Å². The van der Waals surface area contributed by atoms with Crippen molar-refractivity contribution >= 4 is 5.97 Å². The van der Waals surface area contributed by atoms with Gasteiger partial charge >= 0.3 is 5.97 Å². The van der Waals surface area contributed by atoms with Crippen molar-refractivity contribution in [3.05, 3.63) is 71.9 Å². The number of aromatic carboxylic acids is 1.